The van der Waals surface area contributed by atoms with Crippen molar-refractivity contribution in [3.05, 3.63) is 42.7 Å². The van der Waals surface area contributed by atoms with E-state index in [0.29, 0.717) is 38.0 Å². The quantitative estimate of drug-likeness (QED) is 0.450. The molecule has 0 saturated carbocycles. The summed E-state index contributed by atoms with van der Waals surface area (Å²) in [5, 5.41) is 10.7. The van der Waals surface area contributed by atoms with Crippen molar-refractivity contribution in [3.8, 4) is 11.3 Å². The van der Waals surface area contributed by atoms with Gasteiger partial charge in [0, 0.05) is 31.4 Å². The minimum absolute atomic E-state index is 0.249. The smallest absolute Gasteiger partial charge is 0.245 e. The van der Waals surface area contributed by atoms with Crippen LogP contribution >= 0.6 is 0 Å². The predicted molar refractivity (Wildman–Crippen MR) is 124 cm³/mol. The van der Waals surface area contributed by atoms with Crippen LogP contribution in [0, 0.1) is 0 Å². The Balaban J connectivity index is 1.33. The number of ether oxygens (including phenoxy) is 1. The molecule has 1 unspecified atom stereocenters. The van der Waals surface area contributed by atoms with Crippen molar-refractivity contribution in [2.45, 2.75) is 24.7 Å². The fraction of sp³-hybridized carbons (Fsp3) is 0.391. The first-order valence-corrected chi connectivity index (χ1v) is 11.2. The fourth-order valence-electron chi connectivity index (χ4n) is 4.66. The Labute approximate surface area is 190 Å². The topological polar surface area (TPSA) is 92.5 Å². The molecule has 0 amide bonds. The van der Waals surface area contributed by atoms with Crippen LogP contribution in [0.4, 0.5) is 16.2 Å². The van der Waals surface area contributed by atoms with Crippen molar-refractivity contribution in [1.82, 2.24) is 29.5 Å². The number of piperidine rings is 1. The molecule has 4 aromatic rings. The van der Waals surface area contributed by atoms with Gasteiger partial charge in [0.15, 0.2) is 11.6 Å². The minimum Gasteiger partial charge on any atom is -0.378 e. The lowest BCUT2D eigenvalue weighted by Gasteiger charge is -2.44. The highest BCUT2D eigenvalue weighted by Crippen LogP contribution is 2.32. The van der Waals surface area contributed by atoms with Gasteiger partial charge in [-0.2, -0.15) is 4.98 Å². The largest absolute Gasteiger partial charge is 0.378 e. The maximum absolute atomic E-state index is 15.8. The van der Waals surface area contributed by atoms with Gasteiger partial charge in [-0.1, -0.05) is 0 Å². The maximum atomic E-state index is 15.8. The van der Waals surface area contributed by atoms with Gasteiger partial charge in [-0.3, -0.25) is 9.88 Å². The molecule has 2 N–H and O–H groups in total. The highest BCUT2D eigenvalue weighted by Gasteiger charge is 2.40. The molecule has 2 aliphatic rings. The van der Waals surface area contributed by atoms with E-state index in [4.69, 9.17) is 9.72 Å². The van der Waals surface area contributed by atoms with Gasteiger partial charge in [-0.25, -0.2) is 13.9 Å². The van der Waals surface area contributed by atoms with Gasteiger partial charge in [0.25, 0.3) is 0 Å². The predicted octanol–water partition coefficient (Wildman–Crippen LogP) is 2.95. The van der Waals surface area contributed by atoms with E-state index in [1.165, 1.54) is 0 Å². The number of rotatable bonds is 5. The van der Waals surface area contributed by atoms with Crippen molar-refractivity contribution < 1.29 is 9.13 Å². The SMILES string of the molecule is CNc1nc(NC2(F)CCCN(C3COC3)C2)nn2ccc(-c3ccc4ncccc4n3)c12. The summed E-state index contributed by atoms with van der Waals surface area (Å²) in [6.07, 6.45) is 4.79. The summed E-state index contributed by atoms with van der Waals surface area (Å²) in [4.78, 5) is 15.9. The lowest BCUT2D eigenvalue weighted by Crippen LogP contribution is -2.58. The molecule has 0 radical (unpaired) electrons. The summed E-state index contributed by atoms with van der Waals surface area (Å²) in [6, 6.07) is 9.94. The van der Waals surface area contributed by atoms with Crippen LogP contribution in [0.25, 0.3) is 27.8 Å². The molecule has 0 aliphatic carbocycles. The summed E-state index contributed by atoms with van der Waals surface area (Å²) in [5.74, 6) is -0.738. The van der Waals surface area contributed by atoms with E-state index in [1.807, 2.05) is 36.5 Å². The van der Waals surface area contributed by atoms with Gasteiger partial charge in [0.2, 0.25) is 5.95 Å². The molecule has 2 fully saturated rings. The van der Waals surface area contributed by atoms with Gasteiger partial charge in [-0.15, -0.1) is 5.10 Å². The lowest BCUT2D eigenvalue weighted by atomic mass is 10.0. The molecule has 9 nitrogen and oxygen atoms in total. The van der Waals surface area contributed by atoms with Crippen LogP contribution in [-0.2, 0) is 4.74 Å². The average Bonchev–Trinajstić information content (AvgIpc) is 3.21. The van der Waals surface area contributed by atoms with Crippen molar-refractivity contribution in [2.24, 2.45) is 0 Å². The first-order valence-electron chi connectivity index (χ1n) is 11.2. The van der Waals surface area contributed by atoms with Crippen LogP contribution in [-0.4, -0.2) is 74.7 Å². The van der Waals surface area contributed by atoms with Gasteiger partial charge in [0.1, 0.15) is 5.52 Å². The number of nitrogens with zero attached hydrogens (tertiary/aromatic N) is 6. The van der Waals surface area contributed by atoms with Gasteiger partial charge in [-0.05, 0) is 43.3 Å². The second kappa shape index (κ2) is 7.89. The van der Waals surface area contributed by atoms with Gasteiger partial charge < -0.3 is 15.4 Å². The van der Waals surface area contributed by atoms with E-state index >= 15 is 4.39 Å². The van der Waals surface area contributed by atoms with Crippen LogP contribution < -0.4 is 10.6 Å². The monoisotopic (exact) mass is 448 g/mol. The molecule has 6 rings (SSSR count). The van der Waals surface area contributed by atoms with E-state index in [-0.39, 0.29) is 5.95 Å². The van der Waals surface area contributed by atoms with E-state index in [0.717, 1.165) is 40.8 Å². The molecule has 0 bridgehead atoms. The maximum Gasteiger partial charge on any atom is 0.245 e. The molecule has 1 atom stereocenters. The number of anilines is 2. The number of likely N-dealkylation sites (tertiary alicyclic amines) is 1. The fourth-order valence-corrected chi connectivity index (χ4v) is 4.66. The summed E-state index contributed by atoms with van der Waals surface area (Å²) >= 11 is 0. The first kappa shape index (κ1) is 20.3. The third-order valence-corrected chi connectivity index (χ3v) is 6.42. The Hall–Kier alpha value is -3.37. The molecule has 33 heavy (non-hydrogen) atoms. The number of nitrogens with one attached hydrogen (secondary N) is 2. The van der Waals surface area contributed by atoms with Crippen molar-refractivity contribution in [1.29, 1.82) is 0 Å². The average molecular weight is 449 g/mol. The Morgan fingerprint density at radius 1 is 1.15 bits per heavy atom. The van der Waals surface area contributed by atoms with Crippen LogP contribution in [0.1, 0.15) is 12.8 Å². The highest BCUT2D eigenvalue weighted by atomic mass is 19.1. The number of halogens is 1. The minimum atomic E-state index is -1.59. The van der Waals surface area contributed by atoms with Crippen LogP contribution in [0.2, 0.25) is 0 Å². The number of fused-ring (bicyclic) bond motifs is 2. The molecule has 2 aliphatic heterocycles. The van der Waals surface area contributed by atoms with E-state index in [2.05, 4.69) is 30.6 Å². The Morgan fingerprint density at radius 3 is 2.88 bits per heavy atom. The summed E-state index contributed by atoms with van der Waals surface area (Å²) in [5.41, 5.74) is 4.12. The number of pyridine rings is 2. The number of hydrogen-bond donors (Lipinski definition) is 2. The normalized spacial score (nSPS) is 21.9. The van der Waals surface area contributed by atoms with E-state index in [9.17, 15) is 0 Å². The number of hydrogen-bond acceptors (Lipinski definition) is 8. The molecular formula is C23H25FN8O. The third kappa shape index (κ3) is 3.65. The molecule has 6 heterocycles. The molecule has 0 spiro atoms. The van der Waals surface area contributed by atoms with Gasteiger partial charge in [0.05, 0.1) is 42.5 Å². The lowest BCUT2D eigenvalue weighted by molar-refractivity contribution is -0.0887. The Bertz CT molecular complexity index is 1320. The second-order valence-electron chi connectivity index (χ2n) is 8.65. The summed E-state index contributed by atoms with van der Waals surface area (Å²) in [7, 11) is 1.80. The second-order valence-corrected chi connectivity index (χ2v) is 8.65. The zero-order chi connectivity index (χ0) is 22.4. The van der Waals surface area contributed by atoms with Crippen molar-refractivity contribution in [2.75, 3.05) is 44.0 Å². The van der Waals surface area contributed by atoms with Crippen LogP contribution in [0.3, 0.4) is 0 Å². The van der Waals surface area contributed by atoms with Gasteiger partial charge >= 0.3 is 0 Å². The van der Waals surface area contributed by atoms with Crippen molar-refractivity contribution in [3.63, 3.8) is 0 Å². The zero-order valence-electron chi connectivity index (χ0n) is 18.3. The van der Waals surface area contributed by atoms with Crippen LogP contribution in [0.15, 0.2) is 42.7 Å². The zero-order valence-corrected chi connectivity index (χ0v) is 18.3. The molecule has 4 aromatic heterocycles. The van der Waals surface area contributed by atoms with E-state index in [1.54, 1.807) is 17.8 Å². The molecule has 10 heteroatoms. The highest BCUT2D eigenvalue weighted by molar-refractivity contribution is 5.89. The van der Waals surface area contributed by atoms with Crippen molar-refractivity contribution >= 4 is 28.3 Å². The van der Waals surface area contributed by atoms with E-state index < -0.39 is 5.79 Å². The Morgan fingerprint density at radius 2 is 2.06 bits per heavy atom. The number of aromatic nitrogens is 5. The third-order valence-electron chi connectivity index (χ3n) is 6.42. The first-order chi connectivity index (χ1) is 16.1. The molecule has 0 aromatic carbocycles. The number of alkyl halides is 1. The summed E-state index contributed by atoms with van der Waals surface area (Å²) in [6.45, 7) is 2.53. The Kier molecular flexibility index (Phi) is 4.84. The molecule has 170 valence electrons. The standard InChI is InChI=1S/C23H25FN8O/c1-25-21-20-16(17-5-6-18-19(27-17)4-2-9-26-18)7-11-32(20)30-22(28-21)29-23(24)8-3-10-31(14-23)15-12-33-13-15/h2,4-7,9,11,15H,3,8,10,12-14H2,1H3,(H2,25,28,29,30). The summed E-state index contributed by atoms with van der Waals surface area (Å²) < 4.78 is 22.8. The van der Waals surface area contributed by atoms with Crippen LogP contribution in [0.5, 0.6) is 0 Å². The molecule has 2 saturated heterocycles. The molecular weight excluding hydrogens is 423 g/mol.